The van der Waals surface area contributed by atoms with Crippen LogP contribution >= 0.6 is 15.9 Å². The van der Waals surface area contributed by atoms with E-state index in [-0.39, 0.29) is 18.1 Å². The number of anilines is 1. The molecule has 0 aliphatic carbocycles. The number of aromatic nitrogens is 2. The molecule has 1 aromatic heterocycles. The van der Waals surface area contributed by atoms with Gasteiger partial charge in [-0.2, -0.15) is 9.78 Å². The van der Waals surface area contributed by atoms with Gasteiger partial charge in [0.05, 0.1) is 17.1 Å². The van der Waals surface area contributed by atoms with Crippen LogP contribution in [0.4, 0.5) is 5.69 Å². The quantitative estimate of drug-likeness (QED) is 0.316. The number of fused-ring (bicyclic) bond motifs is 1. The number of amides is 1. The second-order valence-corrected chi connectivity index (χ2v) is 10.4. The zero-order valence-corrected chi connectivity index (χ0v) is 22.2. The topological polar surface area (TPSA) is 85.6 Å². The maximum atomic E-state index is 13.3. The number of halogens is 1. The molecule has 7 nitrogen and oxygen atoms in total. The van der Waals surface area contributed by atoms with Gasteiger partial charge < -0.3 is 10.1 Å². The molecule has 4 aromatic rings. The fourth-order valence-electron chi connectivity index (χ4n) is 3.50. The lowest BCUT2D eigenvalue weighted by Crippen LogP contribution is -2.29. The molecular formula is C28H27BrN4O3. The van der Waals surface area contributed by atoms with Crippen LogP contribution in [-0.4, -0.2) is 28.4 Å². The molecule has 1 amide bonds. The van der Waals surface area contributed by atoms with E-state index < -0.39 is 5.41 Å². The highest BCUT2D eigenvalue weighted by Gasteiger charge is 2.22. The smallest absolute Gasteiger partial charge is 0.282 e. The highest BCUT2D eigenvalue weighted by Crippen LogP contribution is 2.23. The minimum absolute atomic E-state index is 0.107. The summed E-state index contributed by atoms with van der Waals surface area (Å²) in [6.45, 7) is 7.86. The summed E-state index contributed by atoms with van der Waals surface area (Å²) < 4.78 is 7.76. The maximum Gasteiger partial charge on any atom is 0.282 e. The largest absolute Gasteiger partial charge is 0.484 e. The molecule has 184 valence electrons. The molecule has 4 rings (SSSR count). The lowest BCUT2D eigenvalue weighted by molar-refractivity contribution is -0.118. The fourth-order valence-corrected chi connectivity index (χ4v) is 3.86. The van der Waals surface area contributed by atoms with Crippen molar-refractivity contribution in [3.8, 4) is 5.75 Å². The first kappa shape index (κ1) is 25.3. The van der Waals surface area contributed by atoms with Crippen molar-refractivity contribution in [2.45, 2.75) is 33.1 Å². The summed E-state index contributed by atoms with van der Waals surface area (Å²) >= 11 is 3.42. The zero-order chi connectivity index (χ0) is 25.9. The number of hydrogen-bond donors (Lipinski definition) is 1. The molecule has 1 heterocycles. The van der Waals surface area contributed by atoms with Gasteiger partial charge in [-0.3, -0.25) is 9.59 Å². The third kappa shape index (κ3) is 6.07. The Bertz CT molecular complexity index is 1490. The summed E-state index contributed by atoms with van der Waals surface area (Å²) in [7, 11) is 0. The van der Waals surface area contributed by atoms with Crippen molar-refractivity contribution in [3.63, 3.8) is 0 Å². The van der Waals surface area contributed by atoms with Crippen molar-refractivity contribution in [1.82, 2.24) is 9.66 Å². The average molecular weight is 547 g/mol. The summed E-state index contributed by atoms with van der Waals surface area (Å²) in [5.74, 6) is 0.878. The van der Waals surface area contributed by atoms with Crippen molar-refractivity contribution in [2.75, 3.05) is 11.9 Å². The molecule has 0 spiro atoms. The molecule has 0 unspecified atom stereocenters. The number of carbonyl (C=O) groups excluding carboxylic acids is 1. The number of nitrogens with one attached hydrogen (secondary N) is 1. The van der Waals surface area contributed by atoms with Crippen molar-refractivity contribution in [1.29, 1.82) is 0 Å². The normalized spacial score (nSPS) is 11.7. The molecule has 0 aliphatic heterocycles. The van der Waals surface area contributed by atoms with Crippen molar-refractivity contribution >= 4 is 44.6 Å². The van der Waals surface area contributed by atoms with E-state index in [1.54, 1.807) is 24.4 Å². The Labute approximate surface area is 218 Å². The van der Waals surface area contributed by atoms with Crippen LogP contribution in [0, 0.1) is 6.92 Å². The molecule has 0 bridgehead atoms. The standard InChI is InChI=1S/C28H27BrN4O3/c1-18-5-10-21(11-6-18)31-25(34)17-36-22-12-7-19(8-13-22)16-30-33-26(35)23-15-20(29)9-14-24(23)32-27(33)28(2,3)4/h5-16H,17H2,1-4H3,(H,31,34). The monoisotopic (exact) mass is 546 g/mol. The highest BCUT2D eigenvalue weighted by atomic mass is 79.9. The van der Waals surface area contributed by atoms with Crippen LogP contribution in [0.25, 0.3) is 10.9 Å². The molecule has 0 saturated heterocycles. The molecule has 0 aliphatic rings. The molecule has 3 aromatic carbocycles. The van der Waals surface area contributed by atoms with Crippen LogP contribution < -0.4 is 15.6 Å². The van der Waals surface area contributed by atoms with Crippen molar-refractivity contribution in [3.05, 3.63) is 98.5 Å². The average Bonchev–Trinajstić information content (AvgIpc) is 2.84. The third-order valence-corrected chi connectivity index (χ3v) is 5.88. The Hall–Kier alpha value is -3.78. The van der Waals surface area contributed by atoms with E-state index in [0.29, 0.717) is 22.5 Å². The van der Waals surface area contributed by atoms with Gasteiger partial charge in [-0.15, -0.1) is 0 Å². The first-order valence-electron chi connectivity index (χ1n) is 11.5. The number of rotatable bonds is 6. The Morgan fingerprint density at radius 1 is 1.08 bits per heavy atom. The van der Waals surface area contributed by atoms with Crippen LogP contribution in [0.3, 0.4) is 0 Å². The van der Waals surface area contributed by atoms with Crippen LogP contribution in [0.1, 0.15) is 37.7 Å². The molecule has 0 saturated carbocycles. The lowest BCUT2D eigenvalue weighted by Gasteiger charge is -2.20. The van der Waals surface area contributed by atoms with Gasteiger partial charge in [0, 0.05) is 15.6 Å². The van der Waals surface area contributed by atoms with E-state index in [1.165, 1.54) is 4.68 Å². The number of carbonyl (C=O) groups is 1. The number of ether oxygens (including phenoxy) is 1. The van der Waals surface area contributed by atoms with E-state index in [4.69, 9.17) is 9.72 Å². The Kier molecular flexibility index (Phi) is 7.35. The van der Waals surface area contributed by atoms with Gasteiger partial charge in [-0.1, -0.05) is 54.4 Å². The van der Waals surface area contributed by atoms with E-state index in [9.17, 15) is 9.59 Å². The summed E-state index contributed by atoms with van der Waals surface area (Å²) in [6.07, 6.45) is 1.61. The molecule has 0 radical (unpaired) electrons. The predicted molar refractivity (Wildman–Crippen MR) is 147 cm³/mol. The lowest BCUT2D eigenvalue weighted by atomic mass is 9.95. The summed E-state index contributed by atoms with van der Waals surface area (Å²) in [5, 5.41) is 7.77. The number of nitrogens with zero attached hydrogens (tertiary/aromatic N) is 3. The third-order valence-electron chi connectivity index (χ3n) is 5.39. The van der Waals surface area contributed by atoms with Gasteiger partial charge in [0.25, 0.3) is 11.5 Å². The van der Waals surface area contributed by atoms with Crippen LogP contribution in [-0.2, 0) is 10.2 Å². The summed E-state index contributed by atoms with van der Waals surface area (Å²) in [5.41, 5.74) is 2.62. The maximum absolute atomic E-state index is 13.3. The molecular weight excluding hydrogens is 520 g/mol. The van der Waals surface area contributed by atoms with Gasteiger partial charge in [0.2, 0.25) is 0 Å². The second-order valence-electron chi connectivity index (χ2n) is 9.48. The Balaban J connectivity index is 1.49. The first-order chi connectivity index (χ1) is 17.1. The molecule has 36 heavy (non-hydrogen) atoms. The van der Waals surface area contributed by atoms with Crippen LogP contribution in [0.2, 0.25) is 0 Å². The van der Waals surface area contributed by atoms with Crippen molar-refractivity contribution < 1.29 is 9.53 Å². The second kappa shape index (κ2) is 10.5. The Morgan fingerprint density at radius 3 is 2.44 bits per heavy atom. The Morgan fingerprint density at radius 2 is 1.78 bits per heavy atom. The van der Waals surface area contributed by atoms with Gasteiger partial charge in [0.15, 0.2) is 6.61 Å². The number of hydrogen-bond acceptors (Lipinski definition) is 5. The molecule has 8 heteroatoms. The van der Waals surface area contributed by atoms with Gasteiger partial charge in [0.1, 0.15) is 11.6 Å². The predicted octanol–water partition coefficient (Wildman–Crippen LogP) is 5.66. The summed E-state index contributed by atoms with van der Waals surface area (Å²) in [6, 6.07) is 20.1. The fraction of sp³-hybridized carbons (Fsp3) is 0.214. The van der Waals surface area contributed by atoms with Gasteiger partial charge in [-0.05, 0) is 67.1 Å². The SMILES string of the molecule is Cc1ccc(NC(=O)COc2ccc(C=Nn3c(C(C)(C)C)nc4ccc(Br)cc4c3=O)cc2)cc1. The van der Waals surface area contributed by atoms with Gasteiger partial charge in [-0.25, -0.2) is 4.98 Å². The number of benzene rings is 3. The van der Waals surface area contributed by atoms with E-state index in [0.717, 1.165) is 21.3 Å². The minimum atomic E-state index is -0.394. The van der Waals surface area contributed by atoms with Crippen molar-refractivity contribution in [2.24, 2.45) is 5.10 Å². The molecule has 0 fully saturated rings. The molecule has 1 N–H and O–H groups in total. The highest BCUT2D eigenvalue weighted by molar-refractivity contribution is 9.10. The zero-order valence-electron chi connectivity index (χ0n) is 20.6. The van der Waals surface area contributed by atoms with E-state index in [2.05, 4.69) is 26.3 Å². The first-order valence-corrected chi connectivity index (χ1v) is 12.3. The summed E-state index contributed by atoms with van der Waals surface area (Å²) in [4.78, 5) is 30.1. The molecule has 0 atom stereocenters. The van der Waals surface area contributed by atoms with E-state index >= 15 is 0 Å². The number of aryl methyl sites for hydroxylation is 1. The van der Waals surface area contributed by atoms with Crippen LogP contribution in [0.15, 0.2) is 81.1 Å². The van der Waals surface area contributed by atoms with Gasteiger partial charge >= 0.3 is 0 Å². The van der Waals surface area contributed by atoms with E-state index in [1.807, 2.05) is 76.2 Å². The minimum Gasteiger partial charge on any atom is -0.484 e. The van der Waals surface area contributed by atoms with Crippen LogP contribution in [0.5, 0.6) is 5.75 Å².